The summed E-state index contributed by atoms with van der Waals surface area (Å²) in [4.78, 5) is 27.9. The molecule has 0 aliphatic rings. The van der Waals surface area contributed by atoms with Crippen LogP contribution in [0.15, 0.2) is 42.6 Å². The number of amides is 1. The fourth-order valence-electron chi connectivity index (χ4n) is 2.17. The SMILES string of the molecule is COc1ccc(CCCC(=O)C(=O)Nc2cccnc2C)cc1. The number of pyridine rings is 1. The maximum atomic E-state index is 11.9. The lowest BCUT2D eigenvalue weighted by Crippen LogP contribution is -2.23. The average molecular weight is 312 g/mol. The molecular weight excluding hydrogens is 292 g/mol. The van der Waals surface area contributed by atoms with Crippen LogP contribution >= 0.6 is 0 Å². The molecule has 5 heteroatoms. The Labute approximate surface area is 135 Å². The number of aromatic nitrogens is 1. The second kappa shape index (κ2) is 8.08. The van der Waals surface area contributed by atoms with Gasteiger partial charge in [0, 0.05) is 12.6 Å². The lowest BCUT2D eigenvalue weighted by atomic mass is 10.1. The van der Waals surface area contributed by atoms with E-state index in [1.807, 2.05) is 24.3 Å². The molecule has 1 N–H and O–H groups in total. The first-order valence-corrected chi connectivity index (χ1v) is 7.49. The Hall–Kier alpha value is -2.69. The fourth-order valence-corrected chi connectivity index (χ4v) is 2.17. The predicted octanol–water partition coefficient (Wildman–Crippen LogP) is 2.93. The number of methoxy groups -OCH3 is 1. The van der Waals surface area contributed by atoms with Crippen molar-refractivity contribution < 1.29 is 14.3 Å². The lowest BCUT2D eigenvalue weighted by Gasteiger charge is -2.07. The number of hydrogen-bond donors (Lipinski definition) is 1. The van der Waals surface area contributed by atoms with Crippen LogP contribution in [-0.4, -0.2) is 23.8 Å². The molecule has 120 valence electrons. The molecule has 0 radical (unpaired) electrons. The quantitative estimate of drug-likeness (QED) is 0.798. The van der Waals surface area contributed by atoms with Gasteiger partial charge in [0.25, 0.3) is 5.91 Å². The normalized spacial score (nSPS) is 10.2. The number of anilines is 1. The molecule has 0 aliphatic heterocycles. The van der Waals surface area contributed by atoms with Crippen LogP contribution in [0.1, 0.15) is 24.1 Å². The van der Waals surface area contributed by atoms with E-state index in [-0.39, 0.29) is 6.42 Å². The summed E-state index contributed by atoms with van der Waals surface area (Å²) >= 11 is 0. The zero-order valence-electron chi connectivity index (χ0n) is 13.3. The topological polar surface area (TPSA) is 68.3 Å². The molecule has 23 heavy (non-hydrogen) atoms. The van der Waals surface area contributed by atoms with Gasteiger partial charge < -0.3 is 10.1 Å². The largest absolute Gasteiger partial charge is 0.497 e. The molecule has 0 aliphatic carbocycles. The van der Waals surface area contributed by atoms with Crippen molar-refractivity contribution in [1.29, 1.82) is 0 Å². The monoisotopic (exact) mass is 312 g/mol. The number of aryl methyl sites for hydroxylation is 2. The van der Waals surface area contributed by atoms with Crippen molar-refractivity contribution in [3.63, 3.8) is 0 Å². The molecule has 0 unspecified atom stereocenters. The van der Waals surface area contributed by atoms with Gasteiger partial charge >= 0.3 is 0 Å². The van der Waals surface area contributed by atoms with E-state index in [9.17, 15) is 9.59 Å². The Balaban J connectivity index is 1.79. The minimum Gasteiger partial charge on any atom is -0.497 e. The Bertz CT molecular complexity index is 681. The molecule has 0 saturated heterocycles. The summed E-state index contributed by atoms with van der Waals surface area (Å²) in [7, 11) is 1.62. The number of rotatable bonds is 7. The van der Waals surface area contributed by atoms with Crippen molar-refractivity contribution in [3.8, 4) is 5.75 Å². The first kappa shape index (κ1) is 16.7. The Morgan fingerprint density at radius 3 is 2.57 bits per heavy atom. The Kier molecular flexibility index (Phi) is 5.86. The van der Waals surface area contributed by atoms with E-state index in [2.05, 4.69) is 10.3 Å². The van der Waals surface area contributed by atoms with Gasteiger partial charge in [-0.1, -0.05) is 12.1 Å². The molecule has 1 aromatic carbocycles. The van der Waals surface area contributed by atoms with Crippen LogP contribution < -0.4 is 10.1 Å². The molecular formula is C18H20N2O3. The molecule has 2 aromatic rings. The summed E-state index contributed by atoms with van der Waals surface area (Å²) < 4.78 is 5.10. The van der Waals surface area contributed by atoms with Gasteiger partial charge in [0.05, 0.1) is 18.5 Å². The van der Waals surface area contributed by atoms with Crippen LogP contribution in [0.25, 0.3) is 0 Å². The van der Waals surface area contributed by atoms with Crippen molar-refractivity contribution in [2.75, 3.05) is 12.4 Å². The molecule has 0 atom stereocenters. The Morgan fingerprint density at radius 1 is 1.17 bits per heavy atom. The highest BCUT2D eigenvalue weighted by Crippen LogP contribution is 2.14. The van der Waals surface area contributed by atoms with Crippen LogP contribution in [0.2, 0.25) is 0 Å². The van der Waals surface area contributed by atoms with Crippen LogP contribution in [0.4, 0.5) is 5.69 Å². The van der Waals surface area contributed by atoms with Crippen LogP contribution in [0, 0.1) is 6.92 Å². The third kappa shape index (κ3) is 4.92. The molecule has 5 nitrogen and oxygen atoms in total. The van der Waals surface area contributed by atoms with E-state index in [0.29, 0.717) is 17.8 Å². The second-order valence-corrected chi connectivity index (χ2v) is 5.22. The van der Waals surface area contributed by atoms with Gasteiger partial charge in [-0.15, -0.1) is 0 Å². The summed E-state index contributed by atoms with van der Waals surface area (Å²) in [6.45, 7) is 1.78. The van der Waals surface area contributed by atoms with E-state index in [1.165, 1.54) is 0 Å². The number of nitrogens with one attached hydrogen (secondary N) is 1. The predicted molar refractivity (Wildman–Crippen MR) is 88.5 cm³/mol. The molecule has 1 heterocycles. The van der Waals surface area contributed by atoms with Crippen molar-refractivity contribution in [3.05, 3.63) is 53.9 Å². The number of carbonyl (C=O) groups is 2. The maximum absolute atomic E-state index is 11.9. The molecule has 0 fully saturated rings. The zero-order valence-corrected chi connectivity index (χ0v) is 13.3. The van der Waals surface area contributed by atoms with Crippen LogP contribution in [0.5, 0.6) is 5.75 Å². The molecule has 2 rings (SSSR count). The van der Waals surface area contributed by atoms with E-state index in [4.69, 9.17) is 4.74 Å². The van der Waals surface area contributed by atoms with Gasteiger partial charge in [0.1, 0.15) is 5.75 Å². The number of nitrogens with zero attached hydrogens (tertiary/aromatic N) is 1. The minimum absolute atomic E-state index is 0.219. The minimum atomic E-state index is -0.587. The average Bonchev–Trinajstić information content (AvgIpc) is 2.57. The Morgan fingerprint density at radius 2 is 1.91 bits per heavy atom. The first-order chi connectivity index (χ1) is 11.1. The first-order valence-electron chi connectivity index (χ1n) is 7.49. The number of benzene rings is 1. The summed E-state index contributed by atoms with van der Waals surface area (Å²) in [5, 5.41) is 2.61. The van der Waals surface area contributed by atoms with Crippen molar-refractivity contribution in [2.24, 2.45) is 0 Å². The molecule has 1 amide bonds. The number of Topliss-reactive ketones (excluding diaryl/α,β-unsaturated/α-hetero) is 1. The lowest BCUT2D eigenvalue weighted by molar-refractivity contribution is -0.134. The van der Waals surface area contributed by atoms with Crippen molar-refractivity contribution in [2.45, 2.75) is 26.2 Å². The number of ketones is 1. The molecule has 0 saturated carbocycles. The van der Waals surface area contributed by atoms with Gasteiger partial charge in [-0.3, -0.25) is 14.6 Å². The van der Waals surface area contributed by atoms with Crippen molar-refractivity contribution in [1.82, 2.24) is 4.98 Å². The highest BCUT2D eigenvalue weighted by molar-refractivity contribution is 6.40. The van der Waals surface area contributed by atoms with Crippen LogP contribution in [0.3, 0.4) is 0 Å². The zero-order chi connectivity index (χ0) is 16.7. The number of hydrogen-bond acceptors (Lipinski definition) is 4. The van der Waals surface area contributed by atoms with Crippen LogP contribution in [-0.2, 0) is 16.0 Å². The van der Waals surface area contributed by atoms with Gasteiger partial charge in [0.15, 0.2) is 0 Å². The molecule has 1 aromatic heterocycles. The third-order valence-electron chi connectivity index (χ3n) is 3.54. The van der Waals surface area contributed by atoms with Gasteiger partial charge in [-0.05, 0) is 49.6 Å². The van der Waals surface area contributed by atoms with E-state index in [1.54, 1.807) is 32.4 Å². The smallest absolute Gasteiger partial charge is 0.291 e. The maximum Gasteiger partial charge on any atom is 0.291 e. The van der Waals surface area contributed by atoms with Gasteiger partial charge in [-0.25, -0.2) is 0 Å². The summed E-state index contributed by atoms with van der Waals surface area (Å²) in [5.41, 5.74) is 2.37. The number of ether oxygens (including phenoxy) is 1. The fraction of sp³-hybridized carbons (Fsp3) is 0.278. The van der Waals surface area contributed by atoms with Gasteiger partial charge in [0.2, 0.25) is 5.78 Å². The number of carbonyl (C=O) groups excluding carboxylic acids is 2. The molecule has 0 spiro atoms. The van der Waals surface area contributed by atoms with E-state index >= 15 is 0 Å². The second-order valence-electron chi connectivity index (χ2n) is 5.22. The molecule has 0 bridgehead atoms. The van der Waals surface area contributed by atoms with E-state index < -0.39 is 11.7 Å². The summed E-state index contributed by atoms with van der Waals surface area (Å²) in [5.74, 6) is -0.200. The van der Waals surface area contributed by atoms with Gasteiger partial charge in [-0.2, -0.15) is 0 Å². The highest BCUT2D eigenvalue weighted by Gasteiger charge is 2.14. The third-order valence-corrected chi connectivity index (χ3v) is 3.54. The van der Waals surface area contributed by atoms with E-state index in [0.717, 1.165) is 17.7 Å². The van der Waals surface area contributed by atoms with Crippen molar-refractivity contribution >= 4 is 17.4 Å². The summed E-state index contributed by atoms with van der Waals surface area (Å²) in [6, 6.07) is 11.1. The highest BCUT2D eigenvalue weighted by atomic mass is 16.5. The standard InChI is InChI=1S/C18H20N2O3/c1-13-16(6-4-12-19-13)20-18(22)17(21)7-3-5-14-8-10-15(23-2)11-9-14/h4,6,8-12H,3,5,7H2,1-2H3,(H,20,22). The summed E-state index contributed by atoms with van der Waals surface area (Å²) in [6.07, 6.45) is 3.23.